The number of nitrogens with zero attached hydrogens (tertiary/aromatic N) is 3. The monoisotopic (exact) mass is 265 g/mol. The standard InChI is InChI=1S/C13H16ClN3O/c1-9-8-11(14)15-13-10(9)4-5-12(18)17(13)7-6-16(2)3/h4-5,8H,6-7H2,1-3H3. The van der Waals surface area contributed by atoms with Gasteiger partial charge >= 0.3 is 0 Å². The number of hydrogen-bond donors (Lipinski definition) is 0. The first-order valence-corrected chi connectivity index (χ1v) is 6.18. The number of likely N-dealkylation sites (N-methyl/N-ethyl adjacent to an activating group) is 1. The molecule has 0 saturated heterocycles. The van der Waals surface area contributed by atoms with Crippen LogP contribution in [-0.2, 0) is 6.54 Å². The number of rotatable bonds is 3. The first-order valence-electron chi connectivity index (χ1n) is 5.80. The molecule has 0 atom stereocenters. The van der Waals surface area contributed by atoms with Crippen LogP contribution in [0.25, 0.3) is 11.0 Å². The van der Waals surface area contributed by atoms with Crippen molar-refractivity contribution in [3.63, 3.8) is 0 Å². The molecular weight excluding hydrogens is 250 g/mol. The molecule has 0 radical (unpaired) electrons. The van der Waals surface area contributed by atoms with Gasteiger partial charge in [-0.3, -0.25) is 9.36 Å². The molecule has 0 saturated carbocycles. The first-order chi connectivity index (χ1) is 8.49. The zero-order valence-corrected chi connectivity index (χ0v) is 11.5. The van der Waals surface area contributed by atoms with Gasteiger partial charge in [-0.25, -0.2) is 4.98 Å². The molecule has 2 rings (SSSR count). The van der Waals surface area contributed by atoms with Crippen LogP contribution >= 0.6 is 11.6 Å². The molecule has 0 aliphatic rings. The topological polar surface area (TPSA) is 38.1 Å². The second-order valence-corrected chi connectivity index (χ2v) is 5.01. The molecule has 4 nitrogen and oxygen atoms in total. The Morgan fingerprint density at radius 3 is 2.78 bits per heavy atom. The maximum absolute atomic E-state index is 11.9. The summed E-state index contributed by atoms with van der Waals surface area (Å²) in [5.74, 6) is 0. The molecule has 0 N–H and O–H groups in total. The minimum atomic E-state index is -0.0430. The highest BCUT2D eigenvalue weighted by atomic mass is 35.5. The summed E-state index contributed by atoms with van der Waals surface area (Å²) >= 11 is 5.97. The molecule has 96 valence electrons. The number of pyridine rings is 2. The Balaban J connectivity index is 2.62. The van der Waals surface area contributed by atoms with E-state index >= 15 is 0 Å². The summed E-state index contributed by atoms with van der Waals surface area (Å²) < 4.78 is 1.67. The van der Waals surface area contributed by atoms with Gasteiger partial charge in [-0.15, -0.1) is 0 Å². The van der Waals surface area contributed by atoms with Crippen molar-refractivity contribution in [3.8, 4) is 0 Å². The highest BCUT2D eigenvalue weighted by Gasteiger charge is 2.08. The van der Waals surface area contributed by atoms with E-state index in [4.69, 9.17) is 11.6 Å². The van der Waals surface area contributed by atoms with Crippen LogP contribution in [0.2, 0.25) is 5.15 Å². The van der Waals surface area contributed by atoms with Crippen LogP contribution in [0.15, 0.2) is 23.0 Å². The van der Waals surface area contributed by atoms with Crippen LogP contribution in [0.3, 0.4) is 0 Å². The van der Waals surface area contributed by atoms with Crippen LogP contribution in [0, 0.1) is 6.92 Å². The molecular formula is C13H16ClN3O. The number of fused-ring (bicyclic) bond motifs is 1. The van der Waals surface area contributed by atoms with Crippen molar-refractivity contribution in [3.05, 3.63) is 39.3 Å². The minimum Gasteiger partial charge on any atom is -0.308 e. The van der Waals surface area contributed by atoms with Crippen LogP contribution in [0.5, 0.6) is 0 Å². The molecule has 0 fully saturated rings. The Morgan fingerprint density at radius 1 is 1.39 bits per heavy atom. The number of hydrogen-bond acceptors (Lipinski definition) is 3. The second-order valence-electron chi connectivity index (χ2n) is 4.63. The zero-order valence-electron chi connectivity index (χ0n) is 10.8. The molecule has 0 spiro atoms. The molecule has 5 heteroatoms. The van der Waals surface area contributed by atoms with Gasteiger partial charge in [0.25, 0.3) is 5.56 Å². The Hall–Kier alpha value is -1.39. The molecule has 0 bridgehead atoms. The predicted molar refractivity (Wildman–Crippen MR) is 74.3 cm³/mol. The fourth-order valence-electron chi connectivity index (χ4n) is 1.90. The van der Waals surface area contributed by atoms with Crippen molar-refractivity contribution < 1.29 is 0 Å². The summed E-state index contributed by atoms with van der Waals surface area (Å²) in [4.78, 5) is 18.2. The van der Waals surface area contributed by atoms with Gasteiger partial charge in [0.05, 0.1) is 0 Å². The van der Waals surface area contributed by atoms with Crippen LogP contribution in [-0.4, -0.2) is 35.1 Å². The van der Waals surface area contributed by atoms with E-state index < -0.39 is 0 Å². The lowest BCUT2D eigenvalue weighted by Crippen LogP contribution is -2.26. The third-order valence-electron chi connectivity index (χ3n) is 2.90. The normalized spacial score (nSPS) is 11.4. The Bertz CT molecular complexity index is 634. The van der Waals surface area contributed by atoms with Crippen molar-refractivity contribution in [2.24, 2.45) is 0 Å². The fraction of sp³-hybridized carbons (Fsp3) is 0.385. The molecule has 0 aromatic carbocycles. The summed E-state index contributed by atoms with van der Waals surface area (Å²) in [5.41, 5.74) is 1.65. The Labute approximate surface area is 111 Å². The molecule has 0 aliphatic heterocycles. The Kier molecular flexibility index (Phi) is 3.68. The summed E-state index contributed by atoms with van der Waals surface area (Å²) in [5, 5.41) is 1.39. The predicted octanol–water partition coefficient (Wildman–Crippen LogP) is 1.92. The van der Waals surface area contributed by atoms with Gasteiger partial charge in [0.15, 0.2) is 0 Å². The summed E-state index contributed by atoms with van der Waals surface area (Å²) in [6, 6.07) is 5.20. The van der Waals surface area contributed by atoms with E-state index in [0.29, 0.717) is 17.3 Å². The van der Waals surface area contributed by atoms with E-state index in [1.165, 1.54) is 0 Å². The van der Waals surface area contributed by atoms with Gasteiger partial charge in [-0.2, -0.15) is 0 Å². The zero-order chi connectivity index (χ0) is 13.3. The Morgan fingerprint density at radius 2 is 2.11 bits per heavy atom. The quantitative estimate of drug-likeness (QED) is 0.796. The molecule has 2 heterocycles. The van der Waals surface area contributed by atoms with Crippen molar-refractivity contribution in [1.29, 1.82) is 0 Å². The maximum atomic E-state index is 11.9. The van der Waals surface area contributed by atoms with E-state index in [1.807, 2.05) is 38.1 Å². The van der Waals surface area contributed by atoms with Gasteiger partial charge in [0, 0.05) is 24.5 Å². The number of halogens is 1. The van der Waals surface area contributed by atoms with E-state index in [9.17, 15) is 4.79 Å². The van der Waals surface area contributed by atoms with E-state index in [0.717, 1.165) is 17.5 Å². The van der Waals surface area contributed by atoms with Crippen molar-refractivity contribution in [2.75, 3.05) is 20.6 Å². The lowest BCUT2D eigenvalue weighted by Gasteiger charge is -2.14. The number of aromatic nitrogens is 2. The van der Waals surface area contributed by atoms with Crippen molar-refractivity contribution >= 4 is 22.6 Å². The highest BCUT2D eigenvalue weighted by Crippen LogP contribution is 2.18. The lowest BCUT2D eigenvalue weighted by molar-refractivity contribution is 0.383. The number of aryl methyl sites for hydroxylation is 1. The molecule has 0 amide bonds. The average Bonchev–Trinajstić information content (AvgIpc) is 2.26. The van der Waals surface area contributed by atoms with Gasteiger partial charge in [0.1, 0.15) is 10.8 Å². The van der Waals surface area contributed by atoms with Crippen LogP contribution in [0.1, 0.15) is 5.56 Å². The maximum Gasteiger partial charge on any atom is 0.252 e. The highest BCUT2D eigenvalue weighted by molar-refractivity contribution is 6.29. The summed E-state index contributed by atoms with van der Waals surface area (Å²) in [7, 11) is 3.95. The van der Waals surface area contributed by atoms with Crippen LogP contribution in [0.4, 0.5) is 0 Å². The van der Waals surface area contributed by atoms with Gasteiger partial charge < -0.3 is 4.90 Å². The molecule has 0 aliphatic carbocycles. The van der Waals surface area contributed by atoms with Gasteiger partial charge in [-0.1, -0.05) is 11.6 Å². The molecule has 18 heavy (non-hydrogen) atoms. The fourth-order valence-corrected chi connectivity index (χ4v) is 2.15. The second kappa shape index (κ2) is 5.08. The third-order valence-corrected chi connectivity index (χ3v) is 3.09. The molecule has 2 aromatic rings. The van der Waals surface area contributed by atoms with Crippen molar-refractivity contribution in [1.82, 2.24) is 14.5 Å². The van der Waals surface area contributed by atoms with Gasteiger partial charge in [0.2, 0.25) is 0 Å². The third kappa shape index (κ3) is 2.54. The molecule has 2 aromatic heterocycles. The largest absolute Gasteiger partial charge is 0.308 e. The van der Waals surface area contributed by atoms with E-state index in [1.54, 1.807) is 10.6 Å². The minimum absolute atomic E-state index is 0.0430. The SMILES string of the molecule is Cc1cc(Cl)nc2c1ccc(=O)n2CCN(C)C. The molecule has 0 unspecified atom stereocenters. The summed E-state index contributed by atoms with van der Waals surface area (Å²) in [6.07, 6.45) is 0. The van der Waals surface area contributed by atoms with E-state index in [-0.39, 0.29) is 5.56 Å². The summed E-state index contributed by atoms with van der Waals surface area (Å²) in [6.45, 7) is 3.36. The average molecular weight is 266 g/mol. The lowest BCUT2D eigenvalue weighted by atomic mass is 10.2. The first kappa shape index (κ1) is 13.1. The van der Waals surface area contributed by atoms with E-state index in [2.05, 4.69) is 4.98 Å². The van der Waals surface area contributed by atoms with Crippen molar-refractivity contribution in [2.45, 2.75) is 13.5 Å². The smallest absolute Gasteiger partial charge is 0.252 e. The van der Waals surface area contributed by atoms with Crippen LogP contribution < -0.4 is 5.56 Å². The van der Waals surface area contributed by atoms with Gasteiger partial charge in [-0.05, 0) is 38.7 Å².